The van der Waals surface area contributed by atoms with E-state index in [0.717, 1.165) is 10.8 Å². The molecule has 2 aromatic carbocycles. The van der Waals surface area contributed by atoms with Gasteiger partial charge in [-0.15, -0.1) is 0 Å². The van der Waals surface area contributed by atoms with Gasteiger partial charge in [0.05, 0.1) is 6.26 Å². The minimum Gasteiger partial charge on any atom is -0.459 e. The van der Waals surface area contributed by atoms with Crippen molar-refractivity contribution in [1.29, 1.82) is 0 Å². The lowest BCUT2D eigenvalue weighted by Gasteiger charge is -2.09. The van der Waals surface area contributed by atoms with Crippen LogP contribution >= 0.6 is 0 Å². The molecule has 1 aromatic heterocycles. The normalized spacial score (nSPS) is 10.3. The van der Waals surface area contributed by atoms with Gasteiger partial charge in [0.2, 0.25) is 0 Å². The minimum absolute atomic E-state index is 0.0894. The van der Waals surface area contributed by atoms with Gasteiger partial charge in [-0.25, -0.2) is 0 Å². The molecular formula is C19H16N2O5. The van der Waals surface area contributed by atoms with Gasteiger partial charge in [0, 0.05) is 11.1 Å². The fraction of sp³-hybridized carbons (Fsp3) is 0.105. The number of furan rings is 1. The second kappa shape index (κ2) is 7.98. The topological polar surface area (TPSA) is 97.6 Å². The van der Waals surface area contributed by atoms with Gasteiger partial charge in [0.25, 0.3) is 11.8 Å². The summed E-state index contributed by atoms with van der Waals surface area (Å²) in [4.78, 5) is 35.3. The molecule has 0 aliphatic heterocycles. The van der Waals surface area contributed by atoms with E-state index in [2.05, 4.69) is 10.6 Å². The Morgan fingerprint density at radius 2 is 1.77 bits per heavy atom. The fourth-order valence-electron chi connectivity index (χ4n) is 2.37. The van der Waals surface area contributed by atoms with Crippen molar-refractivity contribution in [2.75, 3.05) is 18.5 Å². The Kier molecular flexibility index (Phi) is 5.28. The molecule has 2 N–H and O–H groups in total. The molecule has 0 saturated heterocycles. The summed E-state index contributed by atoms with van der Waals surface area (Å²) in [5.41, 5.74) is 0.635. The van der Waals surface area contributed by atoms with Gasteiger partial charge in [0.1, 0.15) is 6.54 Å². The fourth-order valence-corrected chi connectivity index (χ4v) is 2.37. The number of carbonyl (C=O) groups is 3. The average Bonchev–Trinajstić information content (AvgIpc) is 3.19. The molecule has 0 aliphatic rings. The number of rotatable bonds is 6. The number of ether oxygens (including phenoxy) is 1. The van der Waals surface area contributed by atoms with Crippen LogP contribution in [0.1, 0.15) is 10.6 Å². The van der Waals surface area contributed by atoms with Crippen molar-refractivity contribution in [2.24, 2.45) is 0 Å². The summed E-state index contributed by atoms with van der Waals surface area (Å²) < 4.78 is 9.76. The number of hydrogen-bond donors (Lipinski definition) is 2. The number of fused-ring (bicyclic) bond motifs is 1. The number of nitrogens with one attached hydrogen (secondary N) is 2. The van der Waals surface area contributed by atoms with Crippen LogP contribution in [-0.2, 0) is 14.3 Å². The van der Waals surface area contributed by atoms with Gasteiger partial charge in [-0.05, 0) is 23.6 Å². The van der Waals surface area contributed by atoms with Gasteiger partial charge < -0.3 is 19.8 Å². The first-order valence-corrected chi connectivity index (χ1v) is 7.88. The third-order valence-corrected chi connectivity index (χ3v) is 3.57. The molecule has 0 fully saturated rings. The van der Waals surface area contributed by atoms with Gasteiger partial charge in [-0.3, -0.25) is 14.4 Å². The summed E-state index contributed by atoms with van der Waals surface area (Å²) in [7, 11) is 0. The summed E-state index contributed by atoms with van der Waals surface area (Å²) in [5.74, 6) is -1.64. The van der Waals surface area contributed by atoms with E-state index in [1.807, 2.05) is 36.4 Å². The number of hydrogen-bond acceptors (Lipinski definition) is 5. The largest absolute Gasteiger partial charge is 0.459 e. The monoisotopic (exact) mass is 352 g/mol. The zero-order chi connectivity index (χ0) is 18.4. The van der Waals surface area contributed by atoms with Crippen molar-refractivity contribution < 1.29 is 23.5 Å². The van der Waals surface area contributed by atoms with Crippen LogP contribution < -0.4 is 10.6 Å². The molecule has 0 atom stereocenters. The highest BCUT2D eigenvalue weighted by atomic mass is 16.5. The van der Waals surface area contributed by atoms with Crippen LogP contribution in [0.2, 0.25) is 0 Å². The Morgan fingerprint density at radius 3 is 2.58 bits per heavy atom. The van der Waals surface area contributed by atoms with E-state index in [0.29, 0.717) is 5.69 Å². The molecule has 26 heavy (non-hydrogen) atoms. The predicted octanol–water partition coefficient (Wildman–Crippen LogP) is 2.34. The lowest BCUT2D eigenvalue weighted by molar-refractivity contribution is -0.146. The molecule has 0 saturated carbocycles. The van der Waals surface area contributed by atoms with Crippen LogP contribution in [0.25, 0.3) is 10.8 Å². The van der Waals surface area contributed by atoms with Gasteiger partial charge in [-0.2, -0.15) is 0 Å². The standard InChI is InChI=1S/C19H16N2O5/c22-17(21-15-8-3-6-13-5-1-2-7-14(13)15)12-26-18(23)11-20-19(24)16-9-4-10-25-16/h1-10H,11-12H2,(H,20,24)(H,21,22). The summed E-state index contributed by atoms with van der Waals surface area (Å²) in [6.45, 7) is -0.806. The Hall–Kier alpha value is -3.61. The molecule has 1 heterocycles. The minimum atomic E-state index is -0.724. The molecule has 0 aliphatic carbocycles. The first kappa shape index (κ1) is 17.2. The number of esters is 1. The molecule has 3 aromatic rings. The van der Waals surface area contributed by atoms with Gasteiger partial charge in [-0.1, -0.05) is 36.4 Å². The molecule has 7 nitrogen and oxygen atoms in total. The molecule has 0 radical (unpaired) electrons. The van der Waals surface area contributed by atoms with Crippen molar-refractivity contribution in [3.63, 3.8) is 0 Å². The smallest absolute Gasteiger partial charge is 0.325 e. The highest BCUT2D eigenvalue weighted by molar-refractivity contribution is 6.02. The molecule has 132 valence electrons. The van der Waals surface area contributed by atoms with Crippen molar-refractivity contribution in [3.8, 4) is 0 Å². The van der Waals surface area contributed by atoms with E-state index in [-0.39, 0.29) is 12.3 Å². The Labute approximate surface area is 148 Å². The number of carbonyl (C=O) groups excluding carboxylic acids is 3. The third kappa shape index (κ3) is 4.27. The van der Waals surface area contributed by atoms with Crippen molar-refractivity contribution in [3.05, 3.63) is 66.6 Å². The molecular weight excluding hydrogens is 336 g/mol. The SMILES string of the molecule is O=C(COC(=O)CNC(=O)c1ccco1)Nc1cccc2ccccc12. The Balaban J connectivity index is 1.47. The van der Waals surface area contributed by atoms with Gasteiger partial charge in [0.15, 0.2) is 12.4 Å². The molecule has 0 unspecified atom stereocenters. The lowest BCUT2D eigenvalue weighted by atomic mass is 10.1. The van der Waals surface area contributed by atoms with E-state index in [9.17, 15) is 14.4 Å². The van der Waals surface area contributed by atoms with Crippen LogP contribution in [0.4, 0.5) is 5.69 Å². The van der Waals surface area contributed by atoms with E-state index in [1.54, 1.807) is 12.1 Å². The average molecular weight is 352 g/mol. The van der Waals surface area contributed by atoms with Crippen molar-refractivity contribution in [1.82, 2.24) is 5.32 Å². The van der Waals surface area contributed by atoms with E-state index in [4.69, 9.17) is 9.15 Å². The number of anilines is 1. The summed E-state index contributed by atoms with van der Waals surface area (Å²) in [6.07, 6.45) is 1.35. The molecule has 0 spiro atoms. The zero-order valence-electron chi connectivity index (χ0n) is 13.7. The second-order valence-electron chi connectivity index (χ2n) is 5.40. The molecule has 0 bridgehead atoms. The van der Waals surface area contributed by atoms with Crippen LogP contribution in [0, 0.1) is 0 Å². The van der Waals surface area contributed by atoms with Crippen LogP contribution in [0.15, 0.2) is 65.3 Å². The Bertz CT molecular complexity index is 929. The van der Waals surface area contributed by atoms with Crippen LogP contribution in [0.3, 0.4) is 0 Å². The first-order valence-electron chi connectivity index (χ1n) is 7.88. The second-order valence-corrected chi connectivity index (χ2v) is 5.40. The van der Waals surface area contributed by atoms with E-state index in [1.165, 1.54) is 12.3 Å². The van der Waals surface area contributed by atoms with E-state index >= 15 is 0 Å². The molecule has 2 amide bonds. The summed E-state index contributed by atoms with van der Waals surface area (Å²) in [6, 6.07) is 16.2. The quantitative estimate of drug-likeness (QED) is 0.664. The summed E-state index contributed by atoms with van der Waals surface area (Å²) in [5, 5.41) is 6.93. The first-order chi connectivity index (χ1) is 12.6. The van der Waals surface area contributed by atoms with Gasteiger partial charge >= 0.3 is 5.97 Å². The summed E-state index contributed by atoms with van der Waals surface area (Å²) >= 11 is 0. The lowest BCUT2D eigenvalue weighted by Crippen LogP contribution is -2.32. The van der Waals surface area contributed by atoms with Crippen molar-refractivity contribution in [2.45, 2.75) is 0 Å². The number of amides is 2. The van der Waals surface area contributed by atoms with Crippen molar-refractivity contribution >= 4 is 34.2 Å². The maximum absolute atomic E-state index is 12.0. The Morgan fingerprint density at radius 1 is 0.962 bits per heavy atom. The highest BCUT2D eigenvalue weighted by Gasteiger charge is 2.13. The maximum atomic E-state index is 12.0. The number of benzene rings is 2. The highest BCUT2D eigenvalue weighted by Crippen LogP contribution is 2.22. The molecule has 3 rings (SSSR count). The van der Waals surface area contributed by atoms with Crippen LogP contribution in [-0.4, -0.2) is 30.9 Å². The molecule has 7 heteroatoms. The predicted molar refractivity (Wildman–Crippen MR) is 94.6 cm³/mol. The van der Waals surface area contributed by atoms with E-state index < -0.39 is 24.4 Å². The maximum Gasteiger partial charge on any atom is 0.325 e. The zero-order valence-corrected chi connectivity index (χ0v) is 13.7. The van der Waals surface area contributed by atoms with Crippen LogP contribution in [0.5, 0.6) is 0 Å². The third-order valence-electron chi connectivity index (χ3n) is 3.57.